The van der Waals surface area contributed by atoms with E-state index in [4.69, 9.17) is 0 Å². The van der Waals surface area contributed by atoms with E-state index in [2.05, 4.69) is 51.8 Å². The van der Waals surface area contributed by atoms with Gasteiger partial charge in [-0.05, 0) is 44.0 Å². The molecule has 0 aliphatic heterocycles. The number of nitro groups is 2. The van der Waals surface area contributed by atoms with Crippen molar-refractivity contribution in [3.63, 3.8) is 0 Å². The van der Waals surface area contributed by atoms with Gasteiger partial charge in [0.1, 0.15) is 22.1 Å². The Balaban J connectivity index is 0.000000193. The zero-order valence-electron chi connectivity index (χ0n) is 19.8. The van der Waals surface area contributed by atoms with E-state index in [1.54, 1.807) is 12.3 Å². The maximum Gasteiger partial charge on any atom is 0.336 e. The van der Waals surface area contributed by atoms with Crippen LogP contribution < -0.4 is 11.1 Å². The molecule has 0 aliphatic rings. The Labute approximate surface area is 240 Å². The Bertz CT molecular complexity index is 1740. The van der Waals surface area contributed by atoms with Crippen LogP contribution in [0.25, 0.3) is 10.9 Å². The molecule has 0 radical (unpaired) electrons. The molecule has 5 aromatic rings. The molecule has 0 saturated carbocycles. The van der Waals surface area contributed by atoms with Gasteiger partial charge in [0.05, 0.1) is 39.9 Å². The summed E-state index contributed by atoms with van der Waals surface area (Å²) < 4.78 is 50.0. The Kier molecular flexibility index (Phi) is 12.0. The number of halogens is 6. The van der Waals surface area contributed by atoms with Crippen LogP contribution in [0.3, 0.4) is 0 Å². The number of H-pyrrole nitrogens is 3. The van der Waals surface area contributed by atoms with E-state index in [-0.39, 0.29) is 21.7 Å². The number of rotatable bonds is 2. The highest BCUT2D eigenvalue weighted by atomic mass is 79.9. The number of hydrogen-bond acceptors (Lipinski definition) is 8. The summed E-state index contributed by atoms with van der Waals surface area (Å²) in [5.41, 5.74) is -1.65. The number of nitrogens with zero attached hydrogens (tertiary/aromatic N) is 4. The molecule has 0 aromatic carbocycles. The van der Waals surface area contributed by atoms with Gasteiger partial charge in [0.2, 0.25) is 5.56 Å². The minimum absolute atomic E-state index is 0.0314. The molecule has 0 aliphatic carbocycles. The molecule has 0 unspecified atom stereocenters. The molecule has 5 rings (SSSR count). The third-order valence-corrected chi connectivity index (χ3v) is 5.49. The van der Waals surface area contributed by atoms with E-state index in [1.165, 1.54) is 6.20 Å². The lowest BCUT2D eigenvalue weighted by atomic mass is 10.3. The molecule has 5 heterocycles. The molecule has 0 amide bonds. The second-order valence-corrected chi connectivity index (χ2v) is 8.55. The van der Waals surface area contributed by atoms with Crippen molar-refractivity contribution in [2.24, 2.45) is 0 Å². The van der Waals surface area contributed by atoms with E-state index in [0.717, 1.165) is 36.8 Å². The molecular weight excluding hydrogens is 694 g/mol. The van der Waals surface area contributed by atoms with Gasteiger partial charge in [-0.3, -0.25) is 29.8 Å². The van der Waals surface area contributed by atoms with Crippen molar-refractivity contribution < 1.29 is 27.4 Å². The summed E-state index contributed by atoms with van der Waals surface area (Å²) in [6.07, 6.45) is 5.55. The van der Waals surface area contributed by atoms with Crippen molar-refractivity contribution >= 4 is 54.1 Å². The van der Waals surface area contributed by atoms with E-state index in [9.17, 15) is 47.4 Å². The standard InChI is InChI=1S/C7H4BrFN2.C5H2BrFN2O2.C5H3FN2O3.C5H4FNO/c8-7-6-4(1-2-10-6)5(9)3-11-7;6-5-4(9(10)11)1-3(7)2-8-5;6-3-1-4(8(10)11)5(9)7-2-3;6-4-1-2-5(8)7-3-4/h1-3,10H;1-2H;1-2H,(H,7,9);1-3H,(H,7,8). The Morgan fingerprint density at radius 2 is 1.34 bits per heavy atom. The summed E-state index contributed by atoms with van der Waals surface area (Å²) in [6.45, 7) is 0. The summed E-state index contributed by atoms with van der Waals surface area (Å²) in [7, 11) is 0. The van der Waals surface area contributed by atoms with Gasteiger partial charge in [0.25, 0.3) is 0 Å². The Morgan fingerprint density at radius 1 is 0.732 bits per heavy atom. The smallest absolute Gasteiger partial charge is 0.336 e. The van der Waals surface area contributed by atoms with Gasteiger partial charge in [0.15, 0.2) is 10.4 Å². The van der Waals surface area contributed by atoms with Crippen LogP contribution in [0.1, 0.15) is 0 Å². The summed E-state index contributed by atoms with van der Waals surface area (Å²) in [5, 5.41) is 20.7. The molecule has 0 saturated heterocycles. The lowest BCUT2D eigenvalue weighted by Gasteiger charge is -1.93. The molecule has 19 heteroatoms. The van der Waals surface area contributed by atoms with Gasteiger partial charge in [-0.15, -0.1) is 0 Å². The molecule has 0 fully saturated rings. The van der Waals surface area contributed by atoms with Crippen molar-refractivity contribution in [1.29, 1.82) is 0 Å². The minimum atomic E-state index is -0.943. The first-order valence-electron chi connectivity index (χ1n) is 10.4. The topological polar surface area (TPSA) is 194 Å². The van der Waals surface area contributed by atoms with Crippen LogP contribution >= 0.6 is 31.9 Å². The highest BCUT2D eigenvalue weighted by molar-refractivity contribution is 9.10. The molecule has 3 N–H and O–H groups in total. The SMILES string of the molecule is Fc1cnc(Br)c2[nH]ccc12.O=[N+]([O-])c1cc(F)cnc1Br.O=c1[nH]cc(F)cc1[N+](=O)[O-].O=c1ccc(F)c[nH]1. The Hall–Kier alpha value is -4.78. The second-order valence-electron chi connectivity index (χ2n) is 7.04. The maximum absolute atomic E-state index is 12.9. The molecule has 0 spiro atoms. The normalized spacial score (nSPS) is 9.80. The number of aromatic nitrogens is 5. The highest BCUT2D eigenvalue weighted by Crippen LogP contribution is 2.22. The van der Waals surface area contributed by atoms with Gasteiger partial charge in [-0.1, -0.05) is 0 Å². The third-order valence-electron chi connectivity index (χ3n) is 4.28. The van der Waals surface area contributed by atoms with Crippen LogP contribution in [0.15, 0.2) is 80.1 Å². The number of hydrogen-bond donors (Lipinski definition) is 3. The summed E-state index contributed by atoms with van der Waals surface area (Å²) in [4.78, 5) is 53.3. The van der Waals surface area contributed by atoms with Gasteiger partial charge >= 0.3 is 16.9 Å². The fourth-order valence-corrected chi connectivity index (χ4v) is 3.29. The average molecular weight is 707 g/mol. The monoisotopic (exact) mass is 705 g/mol. The van der Waals surface area contributed by atoms with E-state index in [1.807, 2.05) is 4.98 Å². The van der Waals surface area contributed by atoms with Crippen molar-refractivity contribution in [3.8, 4) is 0 Å². The predicted octanol–water partition coefficient (Wildman–Crippen LogP) is 5.29. The second kappa shape index (κ2) is 15.1. The zero-order valence-corrected chi connectivity index (χ0v) is 23.0. The number of pyridine rings is 4. The first-order chi connectivity index (χ1) is 19.3. The first-order valence-corrected chi connectivity index (χ1v) is 12.0. The van der Waals surface area contributed by atoms with Crippen molar-refractivity contribution in [2.45, 2.75) is 0 Å². The van der Waals surface area contributed by atoms with Gasteiger partial charge in [-0.2, -0.15) is 0 Å². The van der Waals surface area contributed by atoms with Gasteiger partial charge in [-0.25, -0.2) is 27.5 Å². The molecule has 5 aromatic heterocycles. The zero-order chi connectivity index (χ0) is 30.7. The molecule has 0 atom stereocenters. The van der Waals surface area contributed by atoms with Crippen LogP contribution in [-0.4, -0.2) is 34.8 Å². The Morgan fingerprint density at radius 3 is 1.85 bits per heavy atom. The van der Waals surface area contributed by atoms with E-state index in [0.29, 0.717) is 21.6 Å². The first kappa shape index (κ1) is 32.4. The van der Waals surface area contributed by atoms with Crippen LogP contribution in [-0.2, 0) is 0 Å². The molecule has 41 heavy (non-hydrogen) atoms. The largest absolute Gasteiger partial charge is 0.359 e. The average Bonchev–Trinajstić information content (AvgIpc) is 3.43. The maximum atomic E-state index is 12.9. The predicted molar refractivity (Wildman–Crippen MR) is 143 cm³/mol. The van der Waals surface area contributed by atoms with Crippen LogP contribution in [0.2, 0.25) is 0 Å². The quantitative estimate of drug-likeness (QED) is 0.0953. The summed E-state index contributed by atoms with van der Waals surface area (Å²) in [6, 6.07) is 5.29. The lowest BCUT2D eigenvalue weighted by molar-refractivity contribution is -0.386. The third kappa shape index (κ3) is 10.0. The molecule has 13 nitrogen and oxygen atoms in total. The van der Waals surface area contributed by atoms with Gasteiger partial charge in [0, 0.05) is 30.0 Å². The number of fused-ring (bicyclic) bond motifs is 1. The van der Waals surface area contributed by atoms with Crippen LogP contribution in [0, 0.1) is 43.5 Å². The molecular formula is C22H13Br2F4N7O6. The van der Waals surface area contributed by atoms with Crippen molar-refractivity contribution in [2.75, 3.05) is 0 Å². The molecule has 214 valence electrons. The van der Waals surface area contributed by atoms with E-state index < -0.39 is 38.5 Å². The lowest BCUT2D eigenvalue weighted by Crippen LogP contribution is -2.10. The number of nitrogens with one attached hydrogen (secondary N) is 3. The minimum Gasteiger partial charge on any atom is -0.359 e. The number of aromatic amines is 3. The fourth-order valence-electron chi connectivity index (χ4n) is 2.50. The van der Waals surface area contributed by atoms with E-state index >= 15 is 0 Å². The molecule has 0 bridgehead atoms. The van der Waals surface area contributed by atoms with Crippen molar-refractivity contribution in [1.82, 2.24) is 24.9 Å². The van der Waals surface area contributed by atoms with Crippen LogP contribution in [0.4, 0.5) is 28.9 Å². The van der Waals surface area contributed by atoms with Gasteiger partial charge < -0.3 is 15.0 Å². The van der Waals surface area contributed by atoms with Crippen molar-refractivity contribution in [3.05, 3.63) is 135 Å². The highest BCUT2D eigenvalue weighted by Gasteiger charge is 2.13. The fraction of sp³-hybridized carbons (Fsp3) is 0. The summed E-state index contributed by atoms with van der Waals surface area (Å²) >= 11 is 6.01. The van der Waals surface area contributed by atoms with Crippen LogP contribution in [0.5, 0.6) is 0 Å². The summed E-state index contributed by atoms with van der Waals surface area (Å²) in [5.74, 6) is -2.29.